The van der Waals surface area contributed by atoms with Crippen LogP contribution in [0.4, 0.5) is 0 Å². The summed E-state index contributed by atoms with van der Waals surface area (Å²) >= 11 is 1.61. The van der Waals surface area contributed by atoms with Crippen LogP contribution in [0.25, 0.3) is 0 Å². The van der Waals surface area contributed by atoms with Crippen molar-refractivity contribution in [2.45, 2.75) is 36.8 Å². The number of rotatable bonds is 9. The first-order valence-corrected chi connectivity index (χ1v) is 12.0. The molecule has 0 radical (unpaired) electrons. The topological polar surface area (TPSA) is 57.7 Å². The second-order valence-electron chi connectivity index (χ2n) is 7.18. The molecule has 1 aromatic rings. The van der Waals surface area contributed by atoms with E-state index < -0.39 is 9.84 Å². The molecule has 5 nitrogen and oxygen atoms in total. The first kappa shape index (κ1) is 21.3. The fraction of sp³-hybridized carbons (Fsp3) is 0.632. The third-order valence-electron chi connectivity index (χ3n) is 4.63. The second kappa shape index (κ2) is 9.76. The summed E-state index contributed by atoms with van der Waals surface area (Å²) in [6.07, 6.45) is 1.41. The summed E-state index contributed by atoms with van der Waals surface area (Å²) in [4.78, 5) is 16.9. The van der Waals surface area contributed by atoms with Gasteiger partial charge in [-0.05, 0) is 46.0 Å². The molecule has 1 fully saturated rings. The Bertz CT molecular complexity index is 677. The van der Waals surface area contributed by atoms with Crippen LogP contribution in [0.15, 0.2) is 30.3 Å². The van der Waals surface area contributed by atoms with E-state index in [1.165, 1.54) is 5.56 Å². The van der Waals surface area contributed by atoms with Crippen molar-refractivity contribution in [3.63, 3.8) is 0 Å². The third-order valence-corrected chi connectivity index (χ3v) is 7.58. The molecule has 146 valence electrons. The van der Waals surface area contributed by atoms with E-state index in [1.54, 1.807) is 11.8 Å². The van der Waals surface area contributed by atoms with E-state index >= 15 is 0 Å². The minimum atomic E-state index is -3.01. The third kappa shape index (κ3) is 6.59. The maximum Gasteiger partial charge on any atom is 0.235 e. The smallest absolute Gasteiger partial charge is 0.235 e. The molecule has 0 unspecified atom stereocenters. The van der Waals surface area contributed by atoms with Gasteiger partial charge in [-0.2, -0.15) is 0 Å². The Kier molecular flexibility index (Phi) is 7.98. The predicted octanol–water partition coefficient (Wildman–Crippen LogP) is 2.28. The highest BCUT2D eigenvalue weighted by molar-refractivity contribution is 7.99. The molecule has 0 N–H and O–H groups in total. The molecule has 0 saturated carbocycles. The Morgan fingerprint density at radius 1 is 1.23 bits per heavy atom. The SMILES string of the molecule is C[C@@H](SCc1ccccc1)C(=O)N(CCCN(C)C)[C@H]1CCS(=O)(=O)C1. The molecule has 1 aromatic carbocycles. The fourth-order valence-corrected chi connectivity index (χ4v) is 5.80. The first-order valence-electron chi connectivity index (χ1n) is 9.09. The van der Waals surface area contributed by atoms with Gasteiger partial charge in [-0.3, -0.25) is 4.79 Å². The van der Waals surface area contributed by atoms with Gasteiger partial charge in [0.1, 0.15) is 0 Å². The number of carbonyl (C=O) groups is 1. The Hall–Kier alpha value is -1.05. The van der Waals surface area contributed by atoms with Gasteiger partial charge in [0.05, 0.1) is 16.8 Å². The number of amides is 1. The van der Waals surface area contributed by atoms with E-state index in [1.807, 2.05) is 44.1 Å². The highest BCUT2D eigenvalue weighted by Crippen LogP contribution is 2.24. The lowest BCUT2D eigenvalue weighted by atomic mass is 10.2. The number of thioether (sulfide) groups is 1. The summed E-state index contributed by atoms with van der Waals surface area (Å²) in [6, 6.07) is 9.92. The van der Waals surface area contributed by atoms with Gasteiger partial charge in [-0.1, -0.05) is 30.3 Å². The molecule has 7 heteroatoms. The van der Waals surface area contributed by atoms with Gasteiger partial charge in [0.25, 0.3) is 0 Å². The van der Waals surface area contributed by atoms with Crippen molar-refractivity contribution in [2.24, 2.45) is 0 Å². The average Bonchev–Trinajstić information content (AvgIpc) is 2.96. The molecule has 0 spiro atoms. The van der Waals surface area contributed by atoms with Gasteiger partial charge >= 0.3 is 0 Å². The molecule has 2 atom stereocenters. The molecule has 1 aliphatic rings. The zero-order valence-corrected chi connectivity index (χ0v) is 17.6. The lowest BCUT2D eigenvalue weighted by Gasteiger charge is -2.31. The van der Waals surface area contributed by atoms with Crippen molar-refractivity contribution in [2.75, 3.05) is 38.7 Å². The van der Waals surface area contributed by atoms with Crippen LogP contribution < -0.4 is 0 Å². The molecule has 0 bridgehead atoms. The molecule has 1 saturated heterocycles. The van der Waals surface area contributed by atoms with Gasteiger partial charge in [-0.15, -0.1) is 11.8 Å². The largest absolute Gasteiger partial charge is 0.338 e. The minimum absolute atomic E-state index is 0.0618. The molecule has 1 amide bonds. The van der Waals surface area contributed by atoms with Gasteiger partial charge in [0.15, 0.2) is 9.84 Å². The molecule has 0 aliphatic carbocycles. The summed E-state index contributed by atoms with van der Waals surface area (Å²) in [6.45, 7) is 3.43. The van der Waals surface area contributed by atoms with Crippen molar-refractivity contribution in [3.8, 4) is 0 Å². The van der Waals surface area contributed by atoms with Crippen molar-refractivity contribution in [3.05, 3.63) is 35.9 Å². The lowest BCUT2D eigenvalue weighted by Crippen LogP contribution is -2.45. The zero-order valence-electron chi connectivity index (χ0n) is 15.9. The Morgan fingerprint density at radius 3 is 2.50 bits per heavy atom. The van der Waals surface area contributed by atoms with Gasteiger partial charge in [0, 0.05) is 18.3 Å². The lowest BCUT2D eigenvalue weighted by molar-refractivity contribution is -0.132. The molecular formula is C19H30N2O3S2. The summed E-state index contributed by atoms with van der Waals surface area (Å²) in [7, 11) is 1.00. The van der Waals surface area contributed by atoms with E-state index in [-0.39, 0.29) is 28.7 Å². The fourth-order valence-electron chi connectivity index (χ4n) is 3.15. The van der Waals surface area contributed by atoms with Crippen LogP contribution >= 0.6 is 11.8 Å². The number of sulfone groups is 1. The summed E-state index contributed by atoms with van der Waals surface area (Å²) in [5.74, 6) is 1.14. The Morgan fingerprint density at radius 2 is 1.92 bits per heavy atom. The van der Waals surface area contributed by atoms with E-state index in [0.29, 0.717) is 13.0 Å². The second-order valence-corrected chi connectivity index (χ2v) is 10.7. The molecule has 2 rings (SSSR count). The molecular weight excluding hydrogens is 368 g/mol. The quantitative estimate of drug-likeness (QED) is 0.639. The summed E-state index contributed by atoms with van der Waals surface area (Å²) < 4.78 is 23.8. The first-order chi connectivity index (χ1) is 12.3. The van der Waals surface area contributed by atoms with Gasteiger partial charge in [0.2, 0.25) is 5.91 Å². The van der Waals surface area contributed by atoms with Crippen molar-refractivity contribution >= 4 is 27.5 Å². The zero-order chi connectivity index (χ0) is 19.2. The highest BCUT2D eigenvalue weighted by Gasteiger charge is 2.35. The Labute approximate surface area is 162 Å². The van der Waals surface area contributed by atoms with Crippen LogP contribution in [0.1, 0.15) is 25.3 Å². The standard InChI is InChI=1S/C19H30N2O3S2/c1-16(25-14-17-8-5-4-6-9-17)19(22)21(12-7-11-20(2)3)18-10-13-26(23,24)15-18/h4-6,8-9,16,18H,7,10-15H2,1-3H3/t16-,18+/m1/s1. The van der Waals surface area contributed by atoms with Gasteiger partial charge in [-0.25, -0.2) is 8.42 Å². The van der Waals surface area contributed by atoms with E-state index in [0.717, 1.165) is 18.7 Å². The number of nitrogens with zero attached hydrogens (tertiary/aromatic N) is 2. The number of benzene rings is 1. The summed E-state index contributed by atoms with van der Waals surface area (Å²) in [5.41, 5.74) is 1.19. The van der Waals surface area contributed by atoms with Crippen molar-refractivity contribution in [1.82, 2.24) is 9.80 Å². The number of hydrogen-bond acceptors (Lipinski definition) is 5. The molecule has 1 aliphatic heterocycles. The maximum absolute atomic E-state index is 13.0. The van der Waals surface area contributed by atoms with Crippen LogP contribution in [-0.4, -0.2) is 74.1 Å². The molecule has 1 heterocycles. The van der Waals surface area contributed by atoms with Crippen LogP contribution in [0.2, 0.25) is 0 Å². The maximum atomic E-state index is 13.0. The number of carbonyl (C=O) groups excluding carboxylic acids is 1. The molecule has 0 aromatic heterocycles. The minimum Gasteiger partial charge on any atom is -0.338 e. The predicted molar refractivity (Wildman–Crippen MR) is 109 cm³/mol. The van der Waals surface area contributed by atoms with Crippen molar-refractivity contribution in [1.29, 1.82) is 0 Å². The highest BCUT2D eigenvalue weighted by atomic mass is 32.2. The van der Waals surface area contributed by atoms with Gasteiger partial charge < -0.3 is 9.80 Å². The van der Waals surface area contributed by atoms with Crippen LogP contribution in [0.5, 0.6) is 0 Å². The van der Waals surface area contributed by atoms with Crippen LogP contribution in [0, 0.1) is 0 Å². The monoisotopic (exact) mass is 398 g/mol. The van der Waals surface area contributed by atoms with Crippen LogP contribution in [-0.2, 0) is 20.4 Å². The van der Waals surface area contributed by atoms with Crippen molar-refractivity contribution < 1.29 is 13.2 Å². The van der Waals surface area contributed by atoms with Crippen LogP contribution in [0.3, 0.4) is 0 Å². The summed E-state index contributed by atoms with van der Waals surface area (Å²) in [5, 5.41) is -0.183. The van der Waals surface area contributed by atoms with E-state index in [2.05, 4.69) is 17.0 Å². The average molecular weight is 399 g/mol. The molecule has 26 heavy (non-hydrogen) atoms. The van der Waals surface area contributed by atoms with E-state index in [9.17, 15) is 13.2 Å². The Balaban J connectivity index is 1.98. The number of hydrogen-bond donors (Lipinski definition) is 0. The normalized spacial score (nSPS) is 20.2. The van der Waals surface area contributed by atoms with E-state index in [4.69, 9.17) is 0 Å².